The van der Waals surface area contributed by atoms with Crippen LogP contribution in [0.2, 0.25) is 0 Å². The van der Waals surface area contributed by atoms with Gasteiger partial charge in [-0.05, 0) is 26.4 Å². The first kappa shape index (κ1) is 14.4. The maximum absolute atomic E-state index is 4.95. The highest BCUT2D eigenvalue weighted by Gasteiger charge is 2.29. The average Bonchev–Trinajstić information content (AvgIpc) is 3.24. The molecule has 0 bridgehead atoms. The Morgan fingerprint density at radius 2 is 1.90 bits per heavy atom. The van der Waals surface area contributed by atoms with Gasteiger partial charge in [0.2, 0.25) is 0 Å². The smallest absolute Gasteiger partial charge is 0.107 e. The summed E-state index contributed by atoms with van der Waals surface area (Å²) >= 11 is 1.92. The third-order valence-corrected chi connectivity index (χ3v) is 5.40. The number of thiazole rings is 1. The molecule has 1 saturated heterocycles. The predicted octanol–water partition coefficient (Wildman–Crippen LogP) is 1.88. The molecular formula is C15H26N4S. The molecule has 1 aliphatic heterocycles. The van der Waals surface area contributed by atoms with Crippen molar-refractivity contribution in [3.63, 3.8) is 0 Å². The fourth-order valence-electron chi connectivity index (χ4n) is 2.90. The van der Waals surface area contributed by atoms with Crippen molar-refractivity contribution in [2.75, 3.05) is 39.8 Å². The number of hydrogen-bond donors (Lipinski definition) is 1. The van der Waals surface area contributed by atoms with Crippen molar-refractivity contribution in [2.24, 2.45) is 0 Å². The topological polar surface area (TPSA) is 31.4 Å². The van der Waals surface area contributed by atoms with Crippen LogP contribution in [-0.2, 0) is 13.1 Å². The second-order valence-corrected chi connectivity index (χ2v) is 7.10. The zero-order valence-electron chi connectivity index (χ0n) is 12.7. The third kappa shape index (κ3) is 3.39. The SMILES string of the molecule is CCN1CCN(Cc2nc(C3CC3)c(CNC)s2)CC1. The van der Waals surface area contributed by atoms with Gasteiger partial charge in [0.15, 0.2) is 0 Å². The van der Waals surface area contributed by atoms with E-state index in [9.17, 15) is 0 Å². The molecule has 2 heterocycles. The molecule has 0 spiro atoms. The Morgan fingerprint density at radius 1 is 1.20 bits per heavy atom. The van der Waals surface area contributed by atoms with E-state index in [1.54, 1.807) is 0 Å². The largest absolute Gasteiger partial charge is 0.315 e. The van der Waals surface area contributed by atoms with Gasteiger partial charge in [0.25, 0.3) is 0 Å². The summed E-state index contributed by atoms with van der Waals surface area (Å²) in [5.41, 5.74) is 1.39. The van der Waals surface area contributed by atoms with Gasteiger partial charge >= 0.3 is 0 Å². The first-order valence-corrected chi connectivity index (χ1v) is 8.69. The lowest BCUT2D eigenvalue weighted by atomic mass is 10.2. The summed E-state index contributed by atoms with van der Waals surface area (Å²) < 4.78 is 0. The van der Waals surface area contributed by atoms with Crippen LogP contribution >= 0.6 is 11.3 Å². The number of likely N-dealkylation sites (N-methyl/N-ethyl adjacent to an activating group) is 1. The summed E-state index contributed by atoms with van der Waals surface area (Å²) in [6.07, 6.45) is 2.68. The van der Waals surface area contributed by atoms with E-state index in [1.165, 1.54) is 61.1 Å². The van der Waals surface area contributed by atoms with Crippen LogP contribution in [0.25, 0.3) is 0 Å². The van der Waals surface area contributed by atoms with Gasteiger partial charge in [0.1, 0.15) is 5.01 Å². The van der Waals surface area contributed by atoms with Crippen molar-refractivity contribution < 1.29 is 0 Å². The van der Waals surface area contributed by atoms with Crippen LogP contribution in [0.5, 0.6) is 0 Å². The van der Waals surface area contributed by atoms with Crippen LogP contribution in [0.15, 0.2) is 0 Å². The summed E-state index contributed by atoms with van der Waals surface area (Å²) in [6.45, 7) is 10.3. The maximum Gasteiger partial charge on any atom is 0.107 e. The lowest BCUT2D eigenvalue weighted by molar-refractivity contribution is 0.132. The quantitative estimate of drug-likeness (QED) is 0.868. The van der Waals surface area contributed by atoms with E-state index < -0.39 is 0 Å². The fraction of sp³-hybridized carbons (Fsp3) is 0.800. The second kappa shape index (κ2) is 6.52. The van der Waals surface area contributed by atoms with Gasteiger partial charge in [0.05, 0.1) is 12.2 Å². The van der Waals surface area contributed by atoms with E-state index >= 15 is 0 Å². The molecule has 1 aliphatic carbocycles. The van der Waals surface area contributed by atoms with Crippen LogP contribution in [0.4, 0.5) is 0 Å². The molecule has 3 rings (SSSR count). The Kier molecular flexibility index (Phi) is 4.71. The van der Waals surface area contributed by atoms with Crippen molar-refractivity contribution in [2.45, 2.75) is 38.8 Å². The molecule has 2 aliphatic rings. The molecule has 0 atom stereocenters. The normalized spacial score (nSPS) is 21.5. The Balaban J connectivity index is 1.61. The highest BCUT2D eigenvalue weighted by Crippen LogP contribution is 2.42. The maximum atomic E-state index is 4.95. The fourth-order valence-corrected chi connectivity index (χ4v) is 4.11. The summed E-state index contributed by atoms with van der Waals surface area (Å²) in [6, 6.07) is 0. The zero-order valence-corrected chi connectivity index (χ0v) is 13.5. The number of piperazine rings is 1. The van der Waals surface area contributed by atoms with Gasteiger partial charge in [-0.2, -0.15) is 0 Å². The van der Waals surface area contributed by atoms with Crippen molar-refractivity contribution >= 4 is 11.3 Å². The zero-order chi connectivity index (χ0) is 13.9. The summed E-state index contributed by atoms with van der Waals surface area (Å²) in [7, 11) is 2.03. The first-order chi connectivity index (χ1) is 9.80. The number of aromatic nitrogens is 1. The Labute approximate surface area is 126 Å². The van der Waals surface area contributed by atoms with Gasteiger partial charge < -0.3 is 10.2 Å². The van der Waals surface area contributed by atoms with Crippen LogP contribution in [0.1, 0.15) is 41.3 Å². The molecule has 0 unspecified atom stereocenters. The van der Waals surface area contributed by atoms with Crippen molar-refractivity contribution in [1.29, 1.82) is 0 Å². The summed E-state index contributed by atoms with van der Waals surface area (Å²) in [4.78, 5) is 11.5. The van der Waals surface area contributed by atoms with Crippen LogP contribution < -0.4 is 5.32 Å². The van der Waals surface area contributed by atoms with Crippen LogP contribution in [-0.4, -0.2) is 54.6 Å². The molecule has 1 aromatic heterocycles. The van der Waals surface area contributed by atoms with E-state index in [0.29, 0.717) is 0 Å². The van der Waals surface area contributed by atoms with E-state index in [0.717, 1.165) is 19.0 Å². The Morgan fingerprint density at radius 3 is 2.50 bits per heavy atom. The minimum Gasteiger partial charge on any atom is -0.315 e. The van der Waals surface area contributed by atoms with Gasteiger partial charge in [-0.15, -0.1) is 11.3 Å². The van der Waals surface area contributed by atoms with E-state index in [2.05, 4.69) is 22.0 Å². The minimum atomic E-state index is 0.764. The van der Waals surface area contributed by atoms with Gasteiger partial charge in [-0.25, -0.2) is 4.98 Å². The Bertz CT molecular complexity index is 433. The van der Waals surface area contributed by atoms with E-state index in [-0.39, 0.29) is 0 Å². The van der Waals surface area contributed by atoms with Crippen LogP contribution in [0, 0.1) is 0 Å². The molecule has 0 amide bonds. The van der Waals surface area contributed by atoms with Crippen LogP contribution in [0.3, 0.4) is 0 Å². The average molecular weight is 294 g/mol. The molecule has 0 radical (unpaired) electrons. The number of rotatable bonds is 6. The van der Waals surface area contributed by atoms with Crippen molar-refractivity contribution in [3.05, 3.63) is 15.6 Å². The Hall–Kier alpha value is -0.490. The highest BCUT2D eigenvalue weighted by molar-refractivity contribution is 7.11. The molecule has 20 heavy (non-hydrogen) atoms. The molecule has 5 heteroatoms. The van der Waals surface area contributed by atoms with Gasteiger partial charge in [-0.3, -0.25) is 4.90 Å². The number of nitrogens with zero attached hydrogens (tertiary/aromatic N) is 3. The van der Waals surface area contributed by atoms with E-state index in [1.807, 2.05) is 18.4 Å². The monoisotopic (exact) mass is 294 g/mol. The second-order valence-electron chi connectivity index (χ2n) is 5.93. The van der Waals surface area contributed by atoms with Gasteiger partial charge in [-0.1, -0.05) is 6.92 Å². The molecule has 112 valence electrons. The van der Waals surface area contributed by atoms with Gasteiger partial charge in [0, 0.05) is 43.5 Å². The predicted molar refractivity (Wildman–Crippen MR) is 84.2 cm³/mol. The first-order valence-electron chi connectivity index (χ1n) is 7.88. The molecule has 1 aromatic rings. The lowest BCUT2D eigenvalue weighted by Gasteiger charge is -2.33. The van der Waals surface area contributed by atoms with E-state index in [4.69, 9.17) is 4.98 Å². The molecule has 0 aromatic carbocycles. The van der Waals surface area contributed by atoms with Crippen molar-refractivity contribution in [1.82, 2.24) is 20.1 Å². The molecule has 2 fully saturated rings. The minimum absolute atomic E-state index is 0.764. The standard InChI is InChI=1S/C15H26N4S/c1-3-18-6-8-19(9-7-18)11-14-17-15(12-4-5-12)13(20-14)10-16-2/h12,16H,3-11H2,1-2H3. The molecule has 1 N–H and O–H groups in total. The highest BCUT2D eigenvalue weighted by atomic mass is 32.1. The number of hydrogen-bond acceptors (Lipinski definition) is 5. The summed E-state index contributed by atoms with van der Waals surface area (Å²) in [5, 5.41) is 4.61. The molecular weight excluding hydrogens is 268 g/mol. The third-order valence-electron chi connectivity index (χ3n) is 4.34. The van der Waals surface area contributed by atoms with Crippen molar-refractivity contribution in [3.8, 4) is 0 Å². The molecule has 1 saturated carbocycles. The number of nitrogens with one attached hydrogen (secondary N) is 1. The lowest BCUT2D eigenvalue weighted by Crippen LogP contribution is -2.45. The molecule has 4 nitrogen and oxygen atoms in total. The summed E-state index contributed by atoms with van der Waals surface area (Å²) in [5.74, 6) is 0.764.